The van der Waals surface area contributed by atoms with Crippen LogP contribution in [0.2, 0.25) is 0 Å². The zero-order valence-corrected chi connectivity index (χ0v) is 12.8. The quantitative estimate of drug-likeness (QED) is 0.725. The Hall–Kier alpha value is -0.860. The van der Waals surface area contributed by atoms with E-state index in [1.807, 2.05) is 24.4 Å². The van der Waals surface area contributed by atoms with Gasteiger partial charge in [-0.1, -0.05) is 34.1 Å². The number of aryl methyl sites for hydroxylation is 1. The summed E-state index contributed by atoms with van der Waals surface area (Å²) in [5.74, 6) is 0. The number of benzene rings is 1. The maximum Gasteiger partial charge on any atom is 0.0643 e. The van der Waals surface area contributed by atoms with E-state index in [1.165, 1.54) is 11.1 Å². The van der Waals surface area contributed by atoms with Crippen LogP contribution in [0.25, 0.3) is 0 Å². The van der Waals surface area contributed by atoms with Gasteiger partial charge in [-0.3, -0.25) is 4.98 Å². The van der Waals surface area contributed by atoms with Crippen molar-refractivity contribution in [2.75, 3.05) is 0 Å². The second-order valence-electron chi connectivity index (χ2n) is 4.39. The highest BCUT2D eigenvalue weighted by molar-refractivity contribution is 9.10. The molecule has 2 aromatic rings. The lowest BCUT2D eigenvalue weighted by molar-refractivity contribution is 0.862. The fourth-order valence-corrected chi connectivity index (χ4v) is 2.74. The monoisotopic (exact) mass is 323 g/mol. The van der Waals surface area contributed by atoms with Crippen molar-refractivity contribution in [3.8, 4) is 0 Å². The number of aromatic nitrogens is 1. The molecule has 3 heteroatoms. The summed E-state index contributed by atoms with van der Waals surface area (Å²) in [4.78, 5) is 4.40. The molecule has 0 aliphatic carbocycles. The summed E-state index contributed by atoms with van der Waals surface area (Å²) >= 11 is 10.1. The summed E-state index contributed by atoms with van der Waals surface area (Å²) in [6, 6.07) is 10.2. The minimum atomic E-state index is -0.0453. The Bertz CT molecular complexity index is 554. The summed E-state index contributed by atoms with van der Waals surface area (Å²) in [5, 5.41) is -0.0453. The second-order valence-corrected chi connectivity index (χ2v) is 5.77. The Morgan fingerprint density at radius 1 is 1.22 bits per heavy atom. The minimum absolute atomic E-state index is 0.0453. The number of alkyl halides is 1. The number of pyridine rings is 1. The van der Waals surface area contributed by atoms with Crippen LogP contribution in [-0.4, -0.2) is 4.98 Å². The lowest BCUT2D eigenvalue weighted by Crippen LogP contribution is -2.02. The third kappa shape index (κ3) is 2.93. The van der Waals surface area contributed by atoms with Crippen LogP contribution in [0.1, 0.15) is 27.8 Å². The Kier molecular flexibility index (Phi) is 4.41. The molecule has 0 amide bonds. The van der Waals surface area contributed by atoms with Crippen LogP contribution in [0.15, 0.2) is 41.0 Å². The predicted molar refractivity (Wildman–Crippen MR) is 80.2 cm³/mol. The van der Waals surface area contributed by atoms with Crippen LogP contribution in [-0.2, 0) is 6.42 Å². The van der Waals surface area contributed by atoms with Crippen molar-refractivity contribution in [3.63, 3.8) is 0 Å². The third-order valence-corrected chi connectivity index (χ3v) is 4.39. The molecule has 18 heavy (non-hydrogen) atoms. The van der Waals surface area contributed by atoms with Gasteiger partial charge in [0.25, 0.3) is 0 Å². The van der Waals surface area contributed by atoms with Crippen molar-refractivity contribution in [2.45, 2.75) is 25.6 Å². The Labute approximate surface area is 121 Å². The predicted octanol–water partition coefficient (Wildman–Crippen LogP) is 4.98. The molecule has 0 radical (unpaired) electrons. The molecule has 1 unspecified atom stereocenters. The van der Waals surface area contributed by atoms with E-state index in [0.29, 0.717) is 0 Å². The highest BCUT2D eigenvalue weighted by Gasteiger charge is 2.14. The first kappa shape index (κ1) is 13.6. The molecule has 0 aliphatic rings. The van der Waals surface area contributed by atoms with Gasteiger partial charge >= 0.3 is 0 Å². The van der Waals surface area contributed by atoms with E-state index in [0.717, 1.165) is 22.2 Å². The molecule has 0 bridgehead atoms. The fourth-order valence-electron chi connectivity index (χ4n) is 1.98. The molecule has 0 N–H and O–H groups in total. The Balaban J connectivity index is 2.25. The van der Waals surface area contributed by atoms with Gasteiger partial charge in [-0.15, -0.1) is 11.6 Å². The number of hydrogen-bond acceptors (Lipinski definition) is 1. The molecular weight excluding hydrogens is 310 g/mol. The lowest BCUT2D eigenvalue weighted by Gasteiger charge is -2.14. The van der Waals surface area contributed by atoms with Gasteiger partial charge in [0.1, 0.15) is 0 Å². The Morgan fingerprint density at radius 3 is 2.72 bits per heavy atom. The summed E-state index contributed by atoms with van der Waals surface area (Å²) < 4.78 is 1.10. The summed E-state index contributed by atoms with van der Waals surface area (Å²) in [7, 11) is 0. The van der Waals surface area contributed by atoms with Gasteiger partial charge in [0.2, 0.25) is 0 Å². The molecule has 0 spiro atoms. The zero-order valence-electron chi connectivity index (χ0n) is 10.5. The average Bonchev–Trinajstić information content (AvgIpc) is 2.35. The van der Waals surface area contributed by atoms with E-state index in [9.17, 15) is 0 Å². The molecular formula is C15H15BrClN. The van der Waals surface area contributed by atoms with Gasteiger partial charge in [-0.25, -0.2) is 0 Å². The first-order valence-electron chi connectivity index (χ1n) is 5.89. The highest BCUT2D eigenvalue weighted by Crippen LogP contribution is 2.31. The van der Waals surface area contributed by atoms with Crippen molar-refractivity contribution in [3.05, 3.63) is 63.4 Å². The van der Waals surface area contributed by atoms with Crippen molar-refractivity contribution in [1.82, 2.24) is 4.98 Å². The second kappa shape index (κ2) is 5.85. The molecule has 1 nitrogen and oxygen atoms in total. The van der Waals surface area contributed by atoms with Gasteiger partial charge in [-0.2, -0.15) is 0 Å². The van der Waals surface area contributed by atoms with Crippen LogP contribution in [0.3, 0.4) is 0 Å². The van der Waals surface area contributed by atoms with Crippen LogP contribution >= 0.6 is 27.5 Å². The van der Waals surface area contributed by atoms with Crippen molar-refractivity contribution < 1.29 is 0 Å². The van der Waals surface area contributed by atoms with E-state index in [-0.39, 0.29) is 5.38 Å². The normalized spacial score (nSPS) is 12.4. The minimum Gasteiger partial charge on any atom is -0.261 e. The van der Waals surface area contributed by atoms with Crippen molar-refractivity contribution >= 4 is 27.5 Å². The molecule has 2 rings (SSSR count). The van der Waals surface area contributed by atoms with Crippen LogP contribution in [0, 0.1) is 13.8 Å². The van der Waals surface area contributed by atoms with Gasteiger partial charge in [0.15, 0.2) is 0 Å². The summed E-state index contributed by atoms with van der Waals surface area (Å²) in [6.07, 6.45) is 2.57. The number of rotatable bonds is 3. The molecule has 1 aromatic carbocycles. The Morgan fingerprint density at radius 2 is 2.00 bits per heavy atom. The van der Waals surface area contributed by atoms with Gasteiger partial charge in [0, 0.05) is 22.8 Å². The molecule has 1 atom stereocenters. The van der Waals surface area contributed by atoms with Crippen LogP contribution in [0.4, 0.5) is 0 Å². The molecule has 0 aliphatic heterocycles. The molecule has 0 fully saturated rings. The third-order valence-electron chi connectivity index (χ3n) is 3.14. The summed E-state index contributed by atoms with van der Waals surface area (Å²) in [5.41, 5.74) is 4.62. The zero-order chi connectivity index (χ0) is 13.1. The smallest absolute Gasteiger partial charge is 0.0643 e. The maximum absolute atomic E-state index is 6.53. The van der Waals surface area contributed by atoms with E-state index >= 15 is 0 Å². The van der Waals surface area contributed by atoms with Crippen LogP contribution < -0.4 is 0 Å². The first-order chi connectivity index (χ1) is 8.59. The lowest BCUT2D eigenvalue weighted by atomic mass is 10.0. The van der Waals surface area contributed by atoms with Crippen LogP contribution in [0.5, 0.6) is 0 Å². The number of halogens is 2. The number of hydrogen-bond donors (Lipinski definition) is 0. The van der Waals surface area contributed by atoms with Gasteiger partial charge in [0.05, 0.1) is 5.38 Å². The molecule has 1 heterocycles. The number of nitrogens with zero attached hydrogens (tertiary/aromatic N) is 1. The summed E-state index contributed by atoms with van der Waals surface area (Å²) in [6.45, 7) is 4.15. The molecule has 94 valence electrons. The van der Waals surface area contributed by atoms with Gasteiger partial charge in [-0.05, 0) is 42.7 Å². The SMILES string of the molecule is Cc1cccnc1CC(Cl)c1cccc(Br)c1C. The fraction of sp³-hybridized carbons (Fsp3) is 0.267. The van der Waals surface area contributed by atoms with E-state index in [1.54, 1.807) is 0 Å². The van der Waals surface area contributed by atoms with E-state index < -0.39 is 0 Å². The van der Waals surface area contributed by atoms with E-state index in [4.69, 9.17) is 11.6 Å². The largest absolute Gasteiger partial charge is 0.261 e. The standard InChI is InChI=1S/C15H15BrClN/c1-10-5-4-8-18-15(10)9-14(17)12-6-3-7-13(16)11(12)2/h3-8,14H,9H2,1-2H3. The van der Waals surface area contributed by atoms with E-state index in [2.05, 4.69) is 46.9 Å². The molecule has 0 saturated heterocycles. The first-order valence-corrected chi connectivity index (χ1v) is 7.12. The maximum atomic E-state index is 6.53. The highest BCUT2D eigenvalue weighted by atomic mass is 79.9. The average molecular weight is 325 g/mol. The molecule has 0 saturated carbocycles. The topological polar surface area (TPSA) is 12.9 Å². The van der Waals surface area contributed by atoms with Gasteiger partial charge < -0.3 is 0 Å². The molecule has 1 aromatic heterocycles. The van der Waals surface area contributed by atoms with Crippen molar-refractivity contribution in [1.29, 1.82) is 0 Å². The van der Waals surface area contributed by atoms with Crippen molar-refractivity contribution in [2.24, 2.45) is 0 Å².